The summed E-state index contributed by atoms with van der Waals surface area (Å²) >= 11 is 11.7. The zero-order valence-corrected chi connectivity index (χ0v) is 15.3. The van der Waals surface area contributed by atoms with Gasteiger partial charge in [0.2, 0.25) is 0 Å². The molecular weight excluding hydrogens is 381 g/mol. The van der Waals surface area contributed by atoms with Gasteiger partial charge in [-0.3, -0.25) is 4.79 Å². The van der Waals surface area contributed by atoms with Crippen LogP contribution in [0.1, 0.15) is 26.3 Å². The van der Waals surface area contributed by atoms with Crippen LogP contribution in [-0.2, 0) is 20.8 Å². The van der Waals surface area contributed by atoms with Gasteiger partial charge in [0.15, 0.2) is 6.61 Å². The van der Waals surface area contributed by atoms with E-state index in [1.165, 1.54) is 25.3 Å². The number of hydrogen-bond acceptors (Lipinski definition) is 5. The van der Waals surface area contributed by atoms with E-state index in [0.29, 0.717) is 10.6 Å². The number of carbonyl (C=O) groups is 3. The van der Waals surface area contributed by atoms with E-state index < -0.39 is 24.5 Å². The third-order valence-electron chi connectivity index (χ3n) is 3.35. The lowest BCUT2D eigenvalue weighted by Gasteiger charge is -2.08. The van der Waals surface area contributed by atoms with Crippen LogP contribution in [0, 0.1) is 0 Å². The van der Waals surface area contributed by atoms with Crippen molar-refractivity contribution in [3.8, 4) is 0 Å². The van der Waals surface area contributed by atoms with Gasteiger partial charge in [0, 0.05) is 11.6 Å². The summed E-state index contributed by atoms with van der Waals surface area (Å²) in [6, 6.07) is 10.9. The number of rotatable bonds is 6. The van der Waals surface area contributed by atoms with E-state index in [9.17, 15) is 14.4 Å². The van der Waals surface area contributed by atoms with Crippen LogP contribution in [0.2, 0.25) is 10.0 Å². The average molecular weight is 396 g/mol. The SMILES string of the molecule is COC(=O)c1ccc(CNC(=O)COC(=O)c2ccc(Cl)cc2Cl)cc1. The van der Waals surface area contributed by atoms with Gasteiger partial charge >= 0.3 is 11.9 Å². The summed E-state index contributed by atoms with van der Waals surface area (Å²) in [5.41, 5.74) is 1.32. The van der Waals surface area contributed by atoms with E-state index >= 15 is 0 Å². The predicted octanol–water partition coefficient (Wildman–Crippen LogP) is 3.25. The molecule has 0 unspecified atom stereocenters. The van der Waals surface area contributed by atoms with Crippen LogP contribution < -0.4 is 5.32 Å². The number of hydrogen-bond donors (Lipinski definition) is 1. The summed E-state index contributed by atoms with van der Waals surface area (Å²) in [7, 11) is 1.30. The maximum absolute atomic E-state index is 11.9. The number of carbonyl (C=O) groups excluding carboxylic acids is 3. The van der Waals surface area contributed by atoms with E-state index in [4.69, 9.17) is 27.9 Å². The highest BCUT2D eigenvalue weighted by Crippen LogP contribution is 2.21. The molecule has 0 atom stereocenters. The number of methoxy groups -OCH3 is 1. The van der Waals surface area contributed by atoms with Crippen LogP contribution in [0.25, 0.3) is 0 Å². The normalized spacial score (nSPS) is 10.1. The minimum Gasteiger partial charge on any atom is -0.465 e. The van der Waals surface area contributed by atoms with E-state index in [1.807, 2.05) is 0 Å². The molecule has 1 N–H and O–H groups in total. The maximum Gasteiger partial charge on any atom is 0.340 e. The lowest BCUT2D eigenvalue weighted by atomic mass is 10.1. The Bertz CT molecular complexity index is 821. The molecule has 0 heterocycles. The van der Waals surface area contributed by atoms with E-state index in [2.05, 4.69) is 10.1 Å². The summed E-state index contributed by atoms with van der Waals surface area (Å²) in [6.45, 7) is -0.225. The zero-order valence-electron chi connectivity index (χ0n) is 13.8. The molecular formula is C18H15Cl2NO5. The monoisotopic (exact) mass is 395 g/mol. The molecule has 0 saturated carbocycles. The van der Waals surface area contributed by atoms with E-state index in [0.717, 1.165) is 5.56 Å². The van der Waals surface area contributed by atoms with Gasteiger partial charge in [0.05, 0.1) is 23.3 Å². The fourth-order valence-electron chi connectivity index (χ4n) is 1.99. The molecule has 0 aliphatic heterocycles. The van der Waals surface area contributed by atoms with Gasteiger partial charge in [-0.2, -0.15) is 0 Å². The molecule has 136 valence electrons. The van der Waals surface area contributed by atoms with Crippen molar-refractivity contribution < 1.29 is 23.9 Å². The summed E-state index contributed by atoms with van der Waals surface area (Å²) in [5.74, 6) is -1.63. The first-order valence-electron chi connectivity index (χ1n) is 7.47. The van der Waals surface area contributed by atoms with Crippen LogP contribution in [-0.4, -0.2) is 31.6 Å². The second kappa shape index (κ2) is 9.22. The highest BCUT2D eigenvalue weighted by atomic mass is 35.5. The van der Waals surface area contributed by atoms with Crippen molar-refractivity contribution in [3.05, 3.63) is 69.2 Å². The Morgan fingerprint density at radius 1 is 1.00 bits per heavy atom. The summed E-state index contributed by atoms with van der Waals surface area (Å²) in [6.07, 6.45) is 0. The van der Waals surface area contributed by atoms with Gasteiger partial charge < -0.3 is 14.8 Å². The summed E-state index contributed by atoms with van der Waals surface area (Å²) in [4.78, 5) is 35.1. The molecule has 0 aliphatic rings. The number of ether oxygens (including phenoxy) is 2. The minimum atomic E-state index is -0.718. The highest BCUT2D eigenvalue weighted by Gasteiger charge is 2.14. The van der Waals surface area contributed by atoms with Crippen molar-refractivity contribution in [2.45, 2.75) is 6.54 Å². The fraction of sp³-hybridized carbons (Fsp3) is 0.167. The molecule has 0 fully saturated rings. The number of amides is 1. The Balaban J connectivity index is 1.81. The first kappa shape index (κ1) is 19.8. The van der Waals surface area contributed by atoms with Gasteiger partial charge in [-0.15, -0.1) is 0 Å². The Kier molecular flexibility index (Phi) is 7.00. The smallest absolute Gasteiger partial charge is 0.340 e. The maximum atomic E-state index is 11.9. The number of halogens is 2. The van der Waals surface area contributed by atoms with Crippen LogP contribution in [0.4, 0.5) is 0 Å². The lowest BCUT2D eigenvalue weighted by molar-refractivity contribution is -0.124. The number of nitrogens with one attached hydrogen (secondary N) is 1. The van der Waals surface area contributed by atoms with Gasteiger partial charge in [-0.25, -0.2) is 9.59 Å². The van der Waals surface area contributed by atoms with Crippen LogP contribution in [0.3, 0.4) is 0 Å². The topological polar surface area (TPSA) is 81.7 Å². The van der Waals surface area contributed by atoms with Crippen molar-refractivity contribution in [3.63, 3.8) is 0 Å². The molecule has 0 spiro atoms. The van der Waals surface area contributed by atoms with Crippen molar-refractivity contribution >= 4 is 41.0 Å². The van der Waals surface area contributed by atoms with Gasteiger partial charge in [0.1, 0.15) is 0 Å². The van der Waals surface area contributed by atoms with Crippen LogP contribution >= 0.6 is 23.2 Å². The second-order valence-electron chi connectivity index (χ2n) is 5.17. The Morgan fingerprint density at radius 2 is 1.69 bits per heavy atom. The largest absolute Gasteiger partial charge is 0.465 e. The van der Waals surface area contributed by atoms with Crippen molar-refractivity contribution in [2.24, 2.45) is 0 Å². The van der Waals surface area contributed by atoms with Crippen LogP contribution in [0.5, 0.6) is 0 Å². The molecule has 2 rings (SSSR count). The first-order chi connectivity index (χ1) is 12.4. The molecule has 0 radical (unpaired) electrons. The average Bonchev–Trinajstić information content (AvgIpc) is 2.64. The van der Waals surface area contributed by atoms with Gasteiger partial charge in [0.25, 0.3) is 5.91 Å². The summed E-state index contributed by atoms with van der Waals surface area (Å²) in [5, 5.41) is 3.14. The third-order valence-corrected chi connectivity index (χ3v) is 3.90. The Hall–Kier alpha value is -2.57. The molecule has 0 bridgehead atoms. The molecule has 0 aliphatic carbocycles. The minimum absolute atomic E-state index is 0.127. The third kappa shape index (κ3) is 5.47. The summed E-state index contributed by atoms with van der Waals surface area (Å²) < 4.78 is 9.53. The first-order valence-corrected chi connectivity index (χ1v) is 8.22. The second-order valence-corrected chi connectivity index (χ2v) is 6.01. The molecule has 2 aromatic carbocycles. The van der Waals surface area contributed by atoms with Gasteiger partial charge in [-0.1, -0.05) is 35.3 Å². The Labute approximate surface area is 160 Å². The standard InChI is InChI=1S/C18H15Cl2NO5/c1-25-17(23)12-4-2-11(3-5-12)9-21-16(22)10-26-18(24)14-7-6-13(19)8-15(14)20/h2-8H,9-10H2,1H3,(H,21,22). The molecule has 0 aromatic heterocycles. The lowest BCUT2D eigenvalue weighted by Crippen LogP contribution is -2.28. The molecule has 6 nitrogen and oxygen atoms in total. The molecule has 1 amide bonds. The molecule has 26 heavy (non-hydrogen) atoms. The highest BCUT2D eigenvalue weighted by molar-refractivity contribution is 6.36. The van der Waals surface area contributed by atoms with Crippen molar-refractivity contribution in [1.29, 1.82) is 0 Å². The van der Waals surface area contributed by atoms with Gasteiger partial charge in [-0.05, 0) is 35.9 Å². The zero-order chi connectivity index (χ0) is 19.1. The van der Waals surface area contributed by atoms with E-state index in [-0.39, 0.29) is 17.1 Å². The van der Waals surface area contributed by atoms with Crippen molar-refractivity contribution in [2.75, 3.05) is 13.7 Å². The quantitative estimate of drug-likeness (QED) is 0.759. The molecule has 0 saturated heterocycles. The molecule has 8 heteroatoms. The van der Waals surface area contributed by atoms with Crippen LogP contribution in [0.15, 0.2) is 42.5 Å². The molecule has 2 aromatic rings. The predicted molar refractivity (Wildman–Crippen MR) is 96.4 cm³/mol. The number of benzene rings is 2. The Morgan fingerprint density at radius 3 is 2.31 bits per heavy atom. The fourth-order valence-corrected chi connectivity index (χ4v) is 2.48. The van der Waals surface area contributed by atoms with E-state index in [1.54, 1.807) is 24.3 Å². The number of esters is 2. The van der Waals surface area contributed by atoms with Crippen molar-refractivity contribution in [1.82, 2.24) is 5.32 Å².